The largest absolute Gasteiger partial charge is 0.433 e. The van der Waals surface area contributed by atoms with Crippen molar-refractivity contribution in [3.63, 3.8) is 0 Å². The molecule has 12 heteroatoms. The molecule has 1 saturated heterocycles. The summed E-state index contributed by atoms with van der Waals surface area (Å²) in [5, 5.41) is 7.25. The van der Waals surface area contributed by atoms with Crippen LogP contribution < -0.4 is 10.2 Å². The highest BCUT2D eigenvalue weighted by Gasteiger charge is 2.34. The lowest BCUT2D eigenvalue weighted by Crippen LogP contribution is -2.48. The summed E-state index contributed by atoms with van der Waals surface area (Å²) in [6.45, 7) is 0.194. The van der Waals surface area contributed by atoms with E-state index in [9.17, 15) is 22.0 Å². The van der Waals surface area contributed by atoms with Gasteiger partial charge >= 0.3 is 6.18 Å². The van der Waals surface area contributed by atoms with Gasteiger partial charge in [-0.25, -0.2) is 17.7 Å². The van der Waals surface area contributed by atoms with Crippen molar-refractivity contribution in [1.82, 2.24) is 19.6 Å². The number of rotatable bonds is 4. The van der Waals surface area contributed by atoms with Gasteiger partial charge in [0.1, 0.15) is 11.9 Å². The van der Waals surface area contributed by atoms with Crippen LogP contribution in [-0.4, -0.2) is 44.9 Å². The summed E-state index contributed by atoms with van der Waals surface area (Å²) >= 11 is 0. The second kappa shape index (κ2) is 8.75. The Morgan fingerprint density at radius 2 is 1.86 bits per heavy atom. The van der Waals surface area contributed by atoms with Crippen LogP contribution in [0, 0.1) is 11.6 Å². The number of halogens is 6. The maximum absolute atomic E-state index is 15.0. The quantitative estimate of drug-likeness (QED) is 0.401. The topological polar surface area (TPSA) is 58.4 Å². The molecule has 0 bridgehead atoms. The molecule has 6 nitrogen and oxygen atoms in total. The lowest BCUT2D eigenvalue weighted by Gasteiger charge is -2.36. The maximum atomic E-state index is 15.0. The molecule has 0 amide bonds. The average molecular weight is 492 g/mol. The number of hydrogen-bond acceptors (Lipinski definition) is 5. The van der Waals surface area contributed by atoms with Gasteiger partial charge in [-0.3, -0.25) is 4.98 Å². The van der Waals surface area contributed by atoms with Crippen molar-refractivity contribution >= 4 is 17.3 Å². The van der Waals surface area contributed by atoms with Gasteiger partial charge in [-0.15, -0.1) is 5.10 Å². The summed E-state index contributed by atoms with van der Waals surface area (Å²) in [4.78, 5) is 9.27. The van der Waals surface area contributed by atoms with E-state index in [1.54, 1.807) is 18.3 Å². The summed E-state index contributed by atoms with van der Waals surface area (Å²) in [5.41, 5.74) is 0.495. The van der Waals surface area contributed by atoms with Crippen LogP contribution in [0.5, 0.6) is 0 Å². The lowest BCUT2D eigenvalue weighted by atomic mass is 10.0. The predicted octanol–water partition coefficient (Wildman–Crippen LogP) is 5.12. The minimum absolute atomic E-state index is 0.119. The molecule has 0 aliphatic carbocycles. The normalized spacial score (nSPS) is 18.7. The highest BCUT2D eigenvalue weighted by Crippen LogP contribution is 2.31. The molecule has 1 aromatic carbocycles. The number of nitrogens with one attached hydrogen (secondary N) is 1. The molecular weight excluding hydrogens is 474 g/mol. The van der Waals surface area contributed by atoms with Crippen LogP contribution >= 0.6 is 0 Å². The van der Waals surface area contributed by atoms with E-state index in [1.165, 1.54) is 21.5 Å². The van der Waals surface area contributed by atoms with Gasteiger partial charge in [0.15, 0.2) is 17.3 Å². The number of hydrogen-bond donors (Lipinski definition) is 1. The molecule has 0 unspecified atom stereocenters. The highest BCUT2D eigenvalue weighted by atomic mass is 19.4. The van der Waals surface area contributed by atoms with E-state index >= 15 is 4.39 Å². The van der Waals surface area contributed by atoms with Gasteiger partial charge in [0, 0.05) is 30.2 Å². The monoisotopic (exact) mass is 492 g/mol. The van der Waals surface area contributed by atoms with Gasteiger partial charge in [-0.2, -0.15) is 18.2 Å². The second-order valence-electron chi connectivity index (χ2n) is 8.15. The molecule has 1 aliphatic rings. The van der Waals surface area contributed by atoms with Crippen LogP contribution in [0.4, 0.5) is 38.0 Å². The SMILES string of the molecule is Fc1ccc(-c2cccn3nc(N[C@H]4CCN(c5ccnc(C(F)(F)F)c5)C[C@H]4F)nc23)cc1F. The smallest absolute Gasteiger partial charge is 0.368 e. The molecule has 4 heterocycles. The Morgan fingerprint density at radius 3 is 2.60 bits per heavy atom. The zero-order chi connectivity index (χ0) is 24.7. The minimum Gasteiger partial charge on any atom is -0.368 e. The molecule has 4 aromatic rings. The summed E-state index contributed by atoms with van der Waals surface area (Å²) in [6, 6.07) is 8.51. The summed E-state index contributed by atoms with van der Waals surface area (Å²) < 4.78 is 82.4. The van der Waals surface area contributed by atoms with Gasteiger partial charge < -0.3 is 10.2 Å². The van der Waals surface area contributed by atoms with Gasteiger partial charge in [0.2, 0.25) is 5.95 Å². The van der Waals surface area contributed by atoms with E-state index in [-0.39, 0.29) is 24.6 Å². The number of fused-ring (bicyclic) bond motifs is 1. The van der Waals surface area contributed by atoms with Gasteiger partial charge in [-0.05, 0) is 48.4 Å². The molecule has 182 valence electrons. The van der Waals surface area contributed by atoms with Crippen molar-refractivity contribution < 1.29 is 26.3 Å². The van der Waals surface area contributed by atoms with Crippen LogP contribution in [-0.2, 0) is 6.18 Å². The number of piperidine rings is 1. The maximum Gasteiger partial charge on any atom is 0.433 e. The first-order valence-electron chi connectivity index (χ1n) is 10.7. The number of benzene rings is 1. The standard InChI is InChI=1S/C23H18F6N6/c24-16-4-3-13(10-17(16)25)15-2-1-8-35-21(15)32-22(33-35)31-19-6-9-34(12-18(19)26)14-5-7-30-20(11-14)23(27,28)29/h1-5,7-8,10-11,18-19H,6,9,12H2,(H,31,33)/t18-,19+/m1/s1. The van der Waals surface area contributed by atoms with Crippen molar-refractivity contribution in [3.05, 3.63) is 72.2 Å². The molecule has 5 rings (SSSR count). The van der Waals surface area contributed by atoms with E-state index in [0.717, 1.165) is 24.4 Å². The fourth-order valence-electron chi connectivity index (χ4n) is 4.10. The van der Waals surface area contributed by atoms with Gasteiger partial charge in [0.25, 0.3) is 0 Å². The van der Waals surface area contributed by atoms with Crippen LogP contribution in [0.3, 0.4) is 0 Å². The predicted molar refractivity (Wildman–Crippen MR) is 117 cm³/mol. The van der Waals surface area contributed by atoms with Crippen LogP contribution in [0.25, 0.3) is 16.8 Å². The third-order valence-corrected chi connectivity index (χ3v) is 5.85. The van der Waals surface area contributed by atoms with Crippen LogP contribution in [0.1, 0.15) is 12.1 Å². The van der Waals surface area contributed by atoms with E-state index in [0.29, 0.717) is 23.3 Å². The molecule has 3 aromatic heterocycles. The number of nitrogens with zero attached hydrogens (tertiary/aromatic N) is 5. The molecule has 35 heavy (non-hydrogen) atoms. The number of alkyl halides is 4. The van der Waals surface area contributed by atoms with Crippen LogP contribution in [0.2, 0.25) is 0 Å². The van der Waals surface area contributed by atoms with Crippen molar-refractivity contribution in [1.29, 1.82) is 0 Å². The number of aromatic nitrogens is 4. The van der Waals surface area contributed by atoms with E-state index in [4.69, 9.17) is 0 Å². The Labute approximate surface area is 195 Å². The zero-order valence-electron chi connectivity index (χ0n) is 18.0. The lowest BCUT2D eigenvalue weighted by molar-refractivity contribution is -0.141. The molecule has 0 radical (unpaired) electrons. The van der Waals surface area contributed by atoms with Crippen LogP contribution in [0.15, 0.2) is 54.9 Å². The molecule has 0 saturated carbocycles. The van der Waals surface area contributed by atoms with Crippen molar-refractivity contribution in [2.45, 2.75) is 24.8 Å². The van der Waals surface area contributed by atoms with Crippen molar-refractivity contribution in [2.75, 3.05) is 23.3 Å². The molecule has 1 aliphatic heterocycles. The molecule has 0 spiro atoms. The van der Waals surface area contributed by atoms with Crippen molar-refractivity contribution in [3.8, 4) is 11.1 Å². The third kappa shape index (κ3) is 4.60. The summed E-state index contributed by atoms with van der Waals surface area (Å²) in [6.07, 6.45) is -3.03. The van der Waals surface area contributed by atoms with Crippen molar-refractivity contribution in [2.24, 2.45) is 0 Å². The Bertz CT molecular complexity index is 1370. The Kier molecular flexibility index (Phi) is 5.73. The fourth-order valence-corrected chi connectivity index (χ4v) is 4.10. The van der Waals surface area contributed by atoms with Gasteiger partial charge in [0.05, 0.1) is 12.6 Å². The average Bonchev–Trinajstić information content (AvgIpc) is 3.24. The third-order valence-electron chi connectivity index (χ3n) is 5.85. The first kappa shape index (κ1) is 22.9. The Balaban J connectivity index is 1.33. The molecule has 1 fully saturated rings. The first-order chi connectivity index (χ1) is 16.7. The molecule has 2 atom stereocenters. The minimum atomic E-state index is -4.58. The fraction of sp³-hybridized carbons (Fsp3) is 0.261. The zero-order valence-corrected chi connectivity index (χ0v) is 18.0. The second-order valence-corrected chi connectivity index (χ2v) is 8.15. The number of pyridine rings is 2. The Hall–Kier alpha value is -3.83. The van der Waals surface area contributed by atoms with E-state index in [1.807, 2.05) is 0 Å². The van der Waals surface area contributed by atoms with E-state index < -0.39 is 35.7 Å². The van der Waals surface area contributed by atoms with E-state index in [2.05, 4.69) is 20.4 Å². The molecule has 1 N–H and O–H groups in total. The summed E-state index contributed by atoms with van der Waals surface area (Å²) in [5.74, 6) is -1.82. The highest BCUT2D eigenvalue weighted by molar-refractivity contribution is 5.77. The molecular formula is C23H18F6N6. The number of anilines is 2. The summed E-state index contributed by atoms with van der Waals surface area (Å²) in [7, 11) is 0. The Morgan fingerprint density at radius 1 is 1.03 bits per heavy atom. The van der Waals surface area contributed by atoms with Gasteiger partial charge in [-0.1, -0.05) is 6.07 Å². The first-order valence-corrected chi connectivity index (χ1v) is 10.7.